The molecule has 6 nitrogen and oxygen atoms in total. The molecule has 4 rings (SSSR count). The van der Waals surface area contributed by atoms with Gasteiger partial charge >= 0.3 is 5.63 Å². The van der Waals surface area contributed by atoms with Crippen LogP contribution in [0.1, 0.15) is 18.1 Å². The minimum atomic E-state index is -0.356. The molecule has 158 valence electrons. The van der Waals surface area contributed by atoms with Crippen LogP contribution in [0.3, 0.4) is 0 Å². The number of nitrogens with one attached hydrogen (secondary N) is 1. The van der Waals surface area contributed by atoms with E-state index in [0.29, 0.717) is 17.9 Å². The Balaban J connectivity index is 1.49. The highest BCUT2D eigenvalue weighted by atomic mass is 16.5. The zero-order chi connectivity index (χ0) is 21.1. The highest BCUT2D eigenvalue weighted by molar-refractivity contribution is 5.81. The zero-order valence-electron chi connectivity index (χ0n) is 17.9. The first-order chi connectivity index (χ1) is 14.6. The maximum absolute atomic E-state index is 12.0. The second kappa shape index (κ2) is 8.79. The van der Waals surface area contributed by atoms with Crippen LogP contribution in [0.15, 0.2) is 51.7 Å². The summed E-state index contributed by atoms with van der Waals surface area (Å²) in [6.45, 7) is 10.4. The standard InChI is InChI=1S/C24H29N3O3/c1-4-26-9-11-27(12-10-26)22-8-5-19(13-17(22)2)25-16-18-14-24(28)30-23-15-20(29-3)6-7-21(18)23/h5-8,13-15,25H,4,9-12,16H2,1-3H3. The van der Waals surface area contributed by atoms with Crippen molar-refractivity contribution in [2.75, 3.05) is 50.1 Å². The van der Waals surface area contributed by atoms with E-state index in [9.17, 15) is 4.79 Å². The minimum Gasteiger partial charge on any atom is -0.497 e. The Morgan fingerprint density at radius 1 is 1.07 bits per heavy atom. The molecule has 1 aliphatic rings. The highest BCUT2D eigenvalue weighted by Crippen LogP contribution is 2.26. The predicted molar refractivity (Wildman–Crippen MR) is 122 cm³/mol. The van der Waals surface area contributed by atoms with Crippen LogP contribution in [-0.2, 0) is 6.54 Å². The van der Waals surface area contributed by atoms with Crippen LogP contribution in [0, 0.1) is 6.92 Å². The van der Waals surface area contributed by atoms with E-state index in [1.807, 2.05) is 12.1 Å². The molecule has 0 saturated carbocycles. The average Bonchev–Trinajstić information content (AvgIpc) is 2.77. The molecule has 0 amide bonds. The van der Waals surface area contributed by atoms with Gasteiger partial charge in [-0.2, -0.15) is 0 Å². The number of benzene rings is 2. The van der Waals surface area contributed by atoms with Gasteiger partial charge in [0.25, 0.3) is 0 Å². The van der Waals surface area contributed by atoms with Gasteiger partial charge in [-0.15, -0.1) is 0 Å². The molecule has 1 N–H and O–H groups in total. The second-order valence-electron chi connectivity index (χ2n) is 7.73. The number of likely N-dealkylation sites (N-methyl/N-ethyl adjacent to an activating group) is 1. The molecule has 2 aromatic carbocycles. The molecule has 1 fully saturated rings. The molecular weight excluding hydrogens is 378 g/mol. The molecule has 1 aliphatic heterocycles. The lowest BCUT2D eigenvalue weighted by Gasteiger charge is -2.36. The number of piperazine rings is 1. The van der Waals surface area contributed by atoms with Crippen molar-refractivity contribution < 1.29 is 9.15 Å². The summed E-state index contributed by atoms with van der Waals surface area (Å²) in [6.07, 6.45) is 0. The van der Waals surface area contributed by atoms with Gasteiger partial charge in [0, 0.05) is 61.6 Å². The van der Waals surface area contributed by atoms with Crippen molar-refractivity contribution in [3.63, 3.8) is 0 Å². The topological polar surface area (TPSA) is 58.0 Å². The lowest BCUT2D eigenvalue weighted by atomic mass is 10.1. The van der Waals surface area contributed by atoms with Crippen molar-refractivity contribution in [1.82, 2.24) is 4.90 Å². The summed E-state index contributed by atoms with van der Waals surface area (Å²) in [5.41, 5.74) is 4.68. The summed E-state index contributed by atoms with van der Waals surface area (Å²) in [6, 6.07) is 13.6. The first-order valence-electron chi connectivity index (χ1n) is 10.5. The molecule has 0 spiro atoms. The van der Waals surface area contributed by atoms with Crippen LogP contribution in [0.5, 0.6) is 5.75 Å². The summed E-state index contributed by atoms with van der Waals surface area (Å²) in [7, 11) is 1.60. The largest absolute Gasteiger partial charge is 0.497 e. The van der Waals surface area contributed by atoms with Crippen LogP contribution in [0.2, 0.25) is 0 Å². The van der Waals surface area contributed by atoms with Crippen molar-refractivity contribution in [3.05, 3.63) is 64.0 Å². The van der Waals surface area contributed by atoms with E-state index in [2.05, 4.69) is 47.2 Å². The van der Waals surface area contributed by atoms with E-state index in [1.165, 1.54) is 11.3 Å². The van der Waals surface area contributed by atoms with E-state index in [1.54, 1.807) is 19.2 Å². The lowest BCUT2D eigenvalue weighted by Crippen LogP contribution is -2.46. The molecule has 1 aromatic heterocycles. The number of methoxy groups -OCH3 is 1. The Hall–Kier alpha value is -2.99. The monoisotopic (exact) mass is 407 g/mol. The first kappa shape index (κ1) is 20.3. The SMILES string of the molecule is CCN1CCN(c2ccc(NCc3cc(=O)oc4cc(OC)ccc34)cc2C)CC1. The van der Waals surface area contributed by atoms with E-state index in [4.69, 9.17) is 9.15 Å². The van der Waals surface area contributed by atoms with Gasteiger partial charge in [0.1, 0.15) is 11.3 Å². The fourth-order valence-electron chi connectivity index (χ4n) is 4.11. The molecule has 3 aromatic rings. The van der Waals surface area contributed by atoms with Gasteiger partial charge in [0.05, 0.1) is 7.11 Å². The Morgan fingerprint density at radius 3 is 2.57 bits per heavy atom. The van der Waals surface area contributed by atoms with Gasteiger partial charge in [0.2, 0.25) is 0 Å². The van der Waals surface area contributed by atoms with E-state index in [-0.39, 0.29) is 5.63 Å². The summed E-state index contributed by atoms with van der Waals surface area (Å²) in [5.74, 6) is 0.668. The number of anilines is 2. The molecule has 2 heterocycles. The van der Waals surface area contributed by atoms with Crippen LogP contribution in [0.4, 0.5) is 11.4 Å². The number of hydrogen-bond acceptors (Lipinski definition) is 6. The maximum Gasteiger partial charge on any atom is 0.336 e. The number of fused-ring (bicyclic) bond motifs is 1. The molecule has 0 aliphatic carbocycles. The third-order valence-electron chi connectivity index (χ3n) is 5.88. The predicted octanol–water partition coefficient (Wildman–Crippen LogP) is 3.86. The van der Waals surface area contributed by atoms with Crippen LogP contribution >= 0.6 is 0 Å². The van der Waals surface area contributed by atoms with Crippen molar-refractivity contribution in [2.45, 2.75) is 20.4 Å². The molecule has 0 bridgehead atoms. The number of aryl methyl sites for hydroxylation is 1. The number of nitrogens with zero attached hydrogens (tertiary/aromatic N) is 2. The van der Waals surface area contributed by atoms with Gasteiger partial charge in [-0.1, -0.05) is 6.92 Å². The molecule has 0 atom stereocenters. The third kappa shape index (κ3) is 4.28. The Morgan fingerprint density at radius 2 is 1.87 bits per heavy atom. The Kier molecular flexibility index (Phi) is 5.95. The minimum absolute atomic E-state index is 0.356. The van der Waals surface area contributed by atoms with Crippen molar-refractivity contribution in [1.29, 1.82) is 0 Å². The Labute approximate surface area is 177 Å². The van der Waals surface area contributed by atoms with Gasteiger partial charge < -0.3 is 24.3 Å². The van der Waals surface area contributed by atoms with Crippen molar-refractivity contribution in [3.8, 4) is 5.75 Å². The quantitative estimate of drug-likeness (QED) is 0.626. The number of ether oxygens (including phenoxy) is 1. The van der Waals surface area contributed by atoms with Gasteiger partial charge in [-0.25, -0.2) is 4.79 Å². The average molecular weight is 408 g/mol. The van der Waals surface area contributed by atoms with Gasteiger partial charge in [0.15, 0.2) is 0 Å². The molecule has 1 saturated heterocycles. The molecule has 6 heteroatoms. The van der Waals surface area contributed by atoms with Gasteiger partial charge in [-0.05, 0) is 54.9 Å². The van der Waals surface area contributed by atoms with E-state index >= 15 is 0 Å². The van der Waals surface area contributed by atoms with Crippen LogP contribution in [-0.4, -0.2) is 44.7 Å². The van der Waals surface area contributed by atoms with E-state index in [0.717, 1.165) is 49.4 Å². The van der Waals surface area contributed by atoms with E-state index < -0.39 is 0 Å². The molecule has 0 unspecified atom stereocenters. The maximum atomic E-state index is 12.0. The summed E-state index contributed by atoms with van der Waals surface area (Å²) in [4.78, 5) is 16.9. The molecule has 30 heavy (non-hydrogen) atoms. The lowest BCUT2D eigenvalue weighted by molar-refractivity contribution is 0.271. The second-order valence-corrected chi connectivity index (χ2v) is 7.73. The smallest absolute Gasteiger partial charge is 0.336 e. The Bertz CT molecular complexity index is 1080. The zero-order valence-corrected chi connectivity index (χ0v) is 17.9. The normalized spacial score (nSPS) is 14.8. The summed E-state index contributed by atoms with van der Waals surface area (Å²) >= 11 is 0. The highest BCUT2D eigenvalue weighted by Gasteiger charge is 2.17. The summed E-state index contributed by atoms with van der Waals surface area (Å²) < 4.78 is 10.6. The third-order valence-corrected chi connectivity index (χ3v) is 5.88. The number of hydrogen-bond donors (Lipinski definition) is 1. The molecule has 0 radical (unpaired) electrons. The van der Waals surface area contributed by atoms with Crippen molar-refractivity contribution >= 4 is 22.3 Å². The fourth-order valence-corrected chi connectivity index (χ4v) is 4.11. The van der Waals surface area contributed by atoms with Crippen LogP contribution < -0.4 is 20.6 Å². The first-order valence-corrected chi connectivity index (χ1v) is 10.5. The fraction of sp³-hybridized carbons (Fsp3) is 0.375. The van der Waals surface area contributed by atoms with Crippen molar-refractivity contribution in [2.24, 2.45) is 0 Å². The van der Waals surface area contributed by atoms with Gasteiger partial charge in [-0.3, -0.25) is 0 Å². The van der Waals surface area contributed by atoms with Crippen LogP contribution in [0.25, 0.3) is 11.0 Å². The number of rotatable bonds is 6. The summed E-state index contributed by atoms with van der Waals surface area (Å²) in [5, 5.41) is 4.36. The molecular formula is C24H29N3O3.